The van der Waals surface area contributed by atoms with Crippen LogP contribution in [0.5, 0.6) is 0 Å². The Hall–Kier alpha value is -3.49. The van der Waals surface area contributed by atoms with Crippen molar-refractivity contribution >= 4 is 17.6 Å². The first-order valence-electron chi connectivity index (χ1n) is 10.1. The van der Waals surface area contributed by atoms with Crippen LogP contribution >= 0.6 is 0 Å². The Kier molecular flexibility index (Phi) is 7.31. The molecular formula is C21H27N7O2. The lowest BCUT2D eigenvalue weighted by Crippen LogP contribution is -2.44. The zero-order valence-corrected chi connectivity index (χ0v) is 17.3. The molecule has 30 heavy (non-hydrogen) atoms. The van der Waals surface area contributed by atoms with E-state index in [4.69, 9.17) is 0 Å². The van der Waals surface area contributed by atoms with Gasteiger partial charge in [-0.3, -0.25) is 14.2 Å². The van der Waals surface area contributed by atoms with E-state index in [-0.39, 0.29) is 18.5 Å². The van der Waals surface area contributed by atoms with Crippen molar-refractivity contribution in [3.8, 4) is 0 Å². The van der Waals surface area contributed by atoms with Crippen molar-refractivity contribution in [1.82, 2.24) is 35.1 Å². The summed E-state index contributed by atoms with van der Waals surface area (Å²) >= 11 is 0. The maximum atomic E-state index is 12.4. The number of hydrogen-bond acceptors (Lipinski definition) is 5. The summed E-state index contributed by atoms with van der Waals surface area (Å²) < 4.78 is 1.86. The van der Waals surface area contributed by atoms with Crippen molar-refractivity contribution in [3.05, 3.63) is 60.3 Å². The molecule has 0 aromatic carbocycles. The predicted octanol–water partition coefficient (Wildman–Crippen LogP) is 1.97. The number of fused-ring (bicyclic) bond motifs is 1. The van der Waals surface area contributed by atoms with E-state index in [9.17, 15) is 9.59 Å². The molecule has 1 unspecified atom stereocenters. The number of carbonyl (C=O) groups is 2. The first kappa shape index (κ1) is 21.2. The summed E-state index contributed by atoms with van der Waals surface area (Å²) in [5.74, 6) is 0.502. The smallest absolute Gasteiger partial charge is 0.315 e. The summed E-state index contributed by atoms with van der Waals surface area (Å²) in [4.78, 5) is 30.6. The summed E-state index contributed by atoms with van der Waals surface area (Å²) in [5, 5.41) is 13.9. The predicted molar refractivity (Wildman–Crippen MR) is 113 cm³/mol. The molecule has 9 nitrogen and oxygen atoms in total. The molecule has 3 aromatic heterocycles. The van der Waals surface area contributed by atoms with Crippen LogP contribution in [-0.4, -0.2) is 56.6 Å². The van der Waals surface area contributed by atoms with Gasteiger partial charge < -0.3 is 15.5 Å². The van der Waals surface area contributed by atoms with Crippen LogP contribution < -0.4 is 10.6 Å². The normalized spacial score (nSPS) is 11.8. The number of nitrogens with one attached hydrogen (secondary N) is 2. The number of carbonyl (C=O) groups excluding carboxylic acids is 2. The van der Waals surface area contributed by atoms with Crippen molar-refractivity contribution in [3.63, 3.8) is 0 Å². The van der Waals surface area contributed by atoms with E-state index < -0.39 is 6.03 Å². The number of nitrogens with zero attached hydrogens (tertiary/aromatic N) is 5. The van der Waals surface area contributed by atoms with Gasteiger partial charge in [0.05, 0.1) is 12.6 Å². The molecule has 0 saturated heterocycles. The molecule has 158 valence electrons. The van der Waals surface area contributed by atoms with Crippen LogP contribution in [-0.2, 0) is 11.2 Å². The minimum atomic E-state index is -0.410. The zero-order valence-electron chi connectivity index (χ0n) is 17.3. The molecule has 3 aromatic rings. The van der Waals surface area contributed by atoms with Gasteiger partial charge in [-0.1, -0.05) is 25.5 Å². The second kappa shape index (κ2) is 10.3. The molecule has 0 fully saturated rings. The average Bonchev–Trinajstić information content (AvgIpc) is 3.20. The lowest BCUT2D eigenvalue weighted by Gasteiger charge is -2.19. The number of hydrogen-bond donors (Lipinski definition) is 2. The van der Waals surface area contributed by atoms with E-state index in [1.54, 1.807) is 18.1 Å². The SMILES string of the molecule is CCCC(NC(=O)NCC(=O)N(C)CCc1ccccn1)c1nnc2ccccn12. The Labute approximate surface area is 175 Å². The molecular weight excluding hydrogens is 382 g/mol. The molecule has 3 rings (SSSR count). The largest absolute Gasteiger partial charge is 0.344 e. The highest BCUT2D eigenvalue weighted by molar-refractivity contribution is 5.84. The number of aromatic nitrogens is 4. The molecule has 3 amide bonds. The number of likely N-dealkylation sites (N-methyl/N-ethyl adjacent to an activating group) is 1. The molecule has 0 radical (unpaired) electrons. The van der Waals surface area contributed by atoms with Gasteiger partial charge >= 0.3 is 6.03 Å². The topological polar surface area (TPSA) is 105 Å². The third kappa shape index (κ3) is 5.53. The molecule has 0 aliphatic carbocycles. The van der Waals surface area contributed by atoms with Gasteiger partial charge in [-0.25, -0.2) is 4.79 Å². The van der Waals surface area contributed by atoms with Gasteiger partial charge in [0.15, 0.2) is 11.5 Å². The molecule has 2 N–H and O–H groups in total. The van der Waals surface area contributed by atoms with Gasteiger partial charge in [0.2, 0.25) is 5.91 Å². The summed E-state index contributed by atoms with van der Waals surface area (Å²) in [6.45, 7) is 2.49. The monoisotopic (exact) mass is 409 g/mol. The number of rotatable bonds is 9. The first-order chi connectivity index (χ1) is 14.6. The molecule has 0 saturated carbocycles. The average molecular weight is 409 g/mol. The Bertz CT molecular complexity index is 974. The van der Waals surface area contributed by atoms with E-state index in [1.165, 1.54) is 0 Å². The van der Waals surface area contributed by atoms with Gasteiger partial charge in [-0.05, 0) is 30.7 Å². The Morgan fingerprint density at radius 1 is 1.17 bits per heavy atom. The van der Waals surface area contributed by atoms with E-state index in [0.717, 1.165) is 17.8 Å². The van der Waals surface area contributed by atoms with Gasteiger partial charge in [0.1, 0.15) is 0 Å². The minimum Gasteiger partial charge on any atom is -0.344 e. The minimum absolute atomic E-state index is 0.0794. The maximum Gasteiger partial charge on any atom is 0.315 e. The van der Waals surface area contributed by atoms with Crippen LogP contribution in [0.25, 0.3) is 5.65 Å². The van der Waals surface area contributed by atoms with Crippen molar-refractivity contribution in [2.24, 2.45) is 0 Å². The van der Waals surface area contributed by atoms with Crippen LogP contribution in [0.2, 0.25) is 0 Å². The van der Waals surface area contributed by atoms with Gasteiger partial charge in [-0.15, -0.1) is 10.2 Å². The van der Waals surface area contributed by atoms with Gasteiger partial charge in [0.25, 0.3) is 0 Å². The number of pyridine rings is 2. The van der Waals surface area contributed by atoms with E-state index in [0.29, 0.717) is 25.2 Å². The third-order valence-corrected chi connectivity index (χ3v) is 4.79. The third-order valence-electron chi connectivity index (χ3n) is 4.79. The second-order valence-corrected chi connectivity index (χ2v) is 7.04. The molecule has 0 aliphatic heterocycles. The van der Waals surface area contributed by atoms with Crippen molar-refractivity contribution in [2.75, 3.05) is 20.1 Å². The molecule has 0 spiro atoms. The highest BCUT2D eigenvalue weighted by atomic mass is 16.2. The highest BCUT2D eigenvalue weighted by Crippen LogP contribution is 2.17. The van der Waals surface area contributed by atoms with Gasteiger partial charge in [-0.2, -0.15) is 0 Å². The number of urea groups is 1. The second-order valence-electron chi connectivity index (χ2n) is 7.04. The molecule has 0 aliphatic rings. The van der Waals surface area contributed by atoms with Crippen LogP contribution in [0, 0.1) is 0 Å². The van der Waals surface area contributed by atoms with E-state index in [1.807, 2.05) is 53.9 Å². The lowest BCUT2D eigenvalue weighted by molar-refractivity contribution is -0.128. The Balaban J connectivity index is 1.51. The summed E-state index contributed by atoms with van der Waals surface area (Å²) in [6, 6.07) is 10.6. The highest BCUT2D eigenvalue weighted by Gasteiger charge is 2.20. The zero-order chi connectivity index (χ0) is 21.3. The first-order valence-corrected chi connectivity index (χ1v) is 10.1. The summed E-state index contributed by atoms with van der Waals surface area (Å²) in [7, 11) is 1.72. The van der Waals surface area contributed by atoms with Gasteiger partial charge in [0, 0.05) is 38.1 Å². The van der Waals surface area contributed by atoms with Crippen molar-refractivity contribution < 1.29 is 9.59 Å². The molecule has 3 heterocycles. The fourth-order valence-corrected chi connectivity index (χ4v) is 3.11. The van der Waals surface area contributed by atoms with E-state index in [2.05, 4.69) is 25.8 Å². The summed E-state index contributed by atoms with van der Waals surface area (Å²) in [6.07, 6.45) is 5.83. The van der Waals surface area contributed by atoms with Crippen LogP contribution in [0.15, 0.2) is 48.8 Å². The van der Waals surface area contributed by atoms with Crippen LogP contribution in [0.1, 0.15) is 37.3 Å². The number of amides is 3. The fourth-order valence-electron chi connectivity index (χ4n) is 3.11. The fraction of sp³-hybridized carbons (Fsp3) is 0.381. The maximum absolute atomic E-state index is 12.4. The van der Waals surface area contributed by atoms with Crippen molar-refractivity contribution in [1.29, 1.82) is 0 Å². The van der Waals surface area contributed by atoms with E-state index >= 15 is 0 Å². The molecule has 0 bridgehead atoms. The van der Waals surface area contributed by atoms with Crippen LogP contribution in [0.3, 0.4) is 0 Å². The van der Waals surface area contributed by atoms with Crippen LogP contribution in [0.4, 0.5) is 4.79 Å². The Morgan fingerprint density at radius 3 is 2.77 bits per heavy atom. The summed E-state index contributed by atoms with van der Waals surface area (Å²) in [5.41, 5.74) is 1.64. The van der Waals surface area contributed by atoms with Crippen molar-refractivity contribution in [2.45, 2.75) is 32.2 Å². The lowest BCUT2D eigenvalue weighted by atomic mass is 10.1. The molecule has 9 heteroatoms. The quantitative estimate of drug-likeness (QED) is 0.562. The Morgan fingerprint density at radius 2 is 2.00 bits per heavy atom. The molecule has 1 atom stereocenters. The standard InChI is InChI=1S/C21H27N7O2/c1-3-8-17(20-26-25-18-10-5-7-13-28(18)20)24-21(30)23-15-19(29)27(2)14-11-16-9-4-6-12-22-16/h4-7,9-10,12-13,17H,3,8,11,14-15H2,1-2H3,(H2,23,24,30).